The van der Waals surface area contributed by atoms with Crippen molar-refractivity contribution in [2.24, 2.45) is 0 Å². The molecular formula is C27H20Cl2N2O7. The van der Waals surface area contributed by atoms with Gasteiger partial charge in [-0.05, 0) is 65.7 Å². The number of benzene rings is 3. The number of amides is 4. The lowest BCUT2D eigenvalue weighted by Gasteiger charge is -2.26. The minimum Gasteiger partial charge on any atom is -0.493 e. The van der Waals surface area contributed by atoms with E-state index in [-0.39, 0.29) is 23.4 Å². The summed E-state index contributed by atoms with van der Waals surface area (Å²) in [5.41, 5.74) is 1.39. The standard InChI is InChI=1S/C27H20Cl2N2O7/c1-36-23-13-15(4-10-22(23)38-14-16-3-9-20(28)21(29)12-16)11-19-24(32)30-27(35)31(25(19)33)18-7-5-17(6-8-18)26(34)37-2/h3-13H,14H2,1-2H3,(H,30,32,35)/b19-11+. The van der Waals surface area contributed by atoms with Crippen LogP contribution < -0.4 is 19.7 Å². The van der Waals surface area contributed by atoms with E-state index in [9.17, 15) is 19.2 Å². The number of ether oxygens (including phenoxy) is 3. The number of halogens is 2. The molecule has 4 amide bonds. The lowest BCUT2D eigenvalue weighted by molar-refractivity contribution is -0.122. The maximum Gasteiger partial charge on any atom is 0.337 e. The highest BCUT2D eigenvalue weighted by Crippen LogP contribution is 2.31. The Morgan fingerprint density at radius 2 is 1.66 bits per heavy atom. The fraction of sp³-hybridized carbons (Fsp3) is 0.111. The molecular weight excluding hydrogens is 535 g/mol. The van der Waals surface area contributed by atoms with Crippen LogP contribution in [0.4, 0.5) is 10.5 Å². The van der Waals surface area contributed by atoms with Gasteiger partial charge in [-0.25, -0.2) is 14.5 Å². The Morgan fingerprint density at radius 3 is 2.32 bits per heavy atom. The molecule has 3 aromatic carbocycles. The van der Waals surface area contributed by atoms with E-state index in [2.05, 4.69) is 10.1 Å². The number of carbonyl (C=O) groups excluding carboxylic acids is 4. The molecule has 9 nitrogen and oxygen atoms in total. The van der Waals surface area contributed by atoms with Crippen molar-refractivity contribution in [1.82, 2.24) is 5.32 Å². The Balaban J connectivity index is 1.57. The van der Waals surface area contributed by atoms with Crippen molar-refractivity contribution in [3.63, 3.8) is 0 Å². The monoisotopic (exact) mass is 554 g/mol. The highest BCUT2D eigenvalue weighted by Gasteiger charge is 2.36. The van der Waals surface area contributed by atoms with Crippen molar-refractivity contribution < 1.29 is 33.4 Å². The molecule has 194 valence electrons. The summed E-state index contributed by atoms with van der Waals surface area (Å²) in [6, 6.07) is 14.7. The SMILES string of the molecule is COC(=O)c1ccc(N2C(=O)NC(=O)/C(=C\c3ccc(OCc4ccc(Cl)c(Cl)c4)c(OC)c3)C2=O)cc1. The predicted octanol–water partition coefficient (Wildman–Crippen LogP) is 5.03. The van der Waals surface area contributed by atoms with Crippen LogP contribution in [0.5, 0.6) is 11.5 Å². The van der Waals surface area contributed by atoms with Crippen LogP contribution in [0.3, 0.4) is 0 Å². The van der Waals surface area contributed by atoms with Gasteiger partial charge in [-0.3, -0.25) is 14.9 Å². The number of urea groups is 1. The molecule has 0 saturated carbocycles. The van der Waals surface area contributed by atoms with E-state index >= 15 is 0 Å². The van der Waals surface area contributed by atoms with Crippen molar-refractivity contribution in [2.75, 3.05) is 19.1 Å². The van der Waals surface area contributed by atoms with E-state index < -0.39 is 23.8 Å². The quantitative estimate of drug-likeness (QED) is 0.247. The molecule has 0 spiro atoms. The Hall–Kier alpha value is -4.34. The average molecular weight is 555 g/mol. The highest BCUT2D eigenvalue weighted by atomic mass is 35.5. The Kier molecular flexibility index (Phi) is 7.99. The van der Waals surface area contributed by atoms with Gasteiger partial charge >= 0.3 is 12.0 Å². The molecule has 0 aromatic heterocycles. The van der Waals surface area contributed by atoms with E-state index in [1.54, 1.807) is 36.4 Å². The number of nitrogens with one attached hydrogen (secondary N) is 1. The summed E-state index contributed by atoms with van der Waals surface area (Å²) in [5.74, 6) is -1.47. The van der Waals surface area contributed by atoms with E-state index in [0.717, 1.165) is 10.5 Å². The fourth-order valence-corrected chi connectivity index (χ4v) is 3.93. The third-order valence-electron chi connectivity index (χ3n) is 5.53. The Bertz CT molecular complexity index is 1470. The van der Waals surface area contributed by atoms with Crippen LogP contribution in [0.2, 0.25) is 10.0 Å². The molecule has 11 heteroatoms. The summed E-state index contributed by atoms with van der Waals surface area (Å²) in [6.45, 7) is 0.195. The Labute approximate surface area is 227 Å². The summed E-state index contributed by atoms with van der Waals surface area (Å²) in [7, 11) is 2.69. The zero-order valence-corrected chi connectivity index (χ0v) is 21.6. The number of anilines is 1. The maximum absolute atomic E-state index is 13.2. The van der Waals surface area contributed by atoms with E-state index in [0.29, 0.717) is 27.1 Å². The van der Waals surface area contributed by atoms with Gasteiger partial charge in [-0.1, -0.05) is 35.3 Å². The number of barbiturate groups is 1. The lowest BCUT2D eigenvalue weighted by Crippen LogP contribution is -2.54. The second-order valence-electron chi connectivity index (χ2n) is 7.94. The van der Waals surface area contributed by atoms with Gasteiger partial charge in [0.2, 0.25) is 0 Å². The molecule has 38 heavy (non-hydrogen) atoms. The first-order valence-corrected chi connectivity index (χ1v) is 11.8. The molecule has 0 unspecified atom stereocenters. The third-order valence-corrected chi connectivity index (χ3v) is 6.26. The van der Waals surface area contributed by atoms with Gasteiger partial charge in [0, 0.05) is 0 Å². The van der Waals surface area contributed by atoms with Gasteiger partial charge in [-0.15, -0.1) is 0 Å². The van der Waals surface area contributed by atoms with Gasteiger partial charge < -0.3 is 14.2 Å². The number of methoxy groups -OCH3 is 2. The molecule has 1 saturated heterocycles. The van der Waals surface area contributed by atoms with Crippen molar-refractivity contribution >= 4 is 58.8 Å². The summed E-state index contributed by atoms with van der Waals surface area (Å²) >= 11 is 12.0. The number of hydrogen-bond acceptors (Lipinski definition) is 7. The second-order valence-corrected chi connectivity index (χ2v) is 8.76. The van der Waals surface area contributed by atoms with Gasteiger partial charge in [0.05, 0.1) is 35.5 Å². The molecule has 1 fully saturated rings. The van der Waals surface area contributed by atoms with Crippen LogP contribution in [0.15, 0.2) is 66.2 Å². The number of rotatable bonds is 7. The van der Waals surface area contributed by atoms with Crippen LogP contribution in [-0.2, 0) is 20.9 Å². The van der Waals surface area contributed by atoms with Gasteiger partial charge in [0.25, 0.3) is 11.8 Å². The van der Waals surface area contributed by atoms with Crippen LogP contribution in [0.1, 0.15) is 21.5 Å². The van der Waals surface area contributed by atoms with E-state index in [1.807, 2.05) is 0 Å². The van der Waals surface area contributed by atoms with Crippen molar-refractivity contribution in [3.8, 4) is 11.5 Å². The van der Waals surface area contributed by atoms with Crippen molar-refractivity contribution in [3.05, 3.63) is 93.0 Å². The van der Waals surface area contributed by atoms with Crippen molar-refractivity contribution in [1.29, 1.82) is 0 Å². The smallest absolute Gasteiger partial charge is 0.337 e. The Morgan fingerprint density at radius 1 is 0.921 bits per heavy atom. The number of esters is 1. The molecule has 1 aliphatic rings. The molecule has 0 aliphatic carbocycles. The molecule has 1 heterocycles. The number of imide groups is 2. The summed E-state index contributed by atoms with van der Waals surface area (Å²) in [6.07, 6.45) is 1.34. The zero-order chi connectivity index (χ0) is 27.4. The number of nitrogens with zero attached hydrogens (tertiary/aromatic N) is 1. The van der Waals surface area contributed by atoms with E-state index in [1.165, 1.54) is 44.6 Å². The topological polar surface area (TPSA) is 111 Å². The number of hydrogen-bond donors (Lipinski definition) is 1. The molecule has 0 bridgehead atoms. The molecule has 3 aromatic rings. The van der Waals surface area contributed by atoms with Crippen LogP contribution in [0.25, 0.3) is 6.08 Å². The van der Waals surface area contributed by atoms with Gasteiger partial charge in [0.1, 0.15) is 12.2 Å². The second kappa shape index (κ2) is 11.4. The van der Waals surface area contributed by atoms with Gasteiger partial charge in [-0.2, -0.15) is 0 Å². The molecule has 4 rings (SSSR count). The zero-order valence-electron chi connectivity index (χ0n) is 20.1. The maximum atomic E-state index is 13.2. The third kappa shape index (κ3) is 5.64. The highest BCUT2D eigenvalue weighted by molar-refractivity contribution is 6.42. The predicted molar refractivity (Wildman–Crippen MR) is 141 cm³/mol. The normalized spacial score (nSPS) is 14.4. The van der Waals surface area contributed by atoms with Crippen LogP contribution in [-0.4, -0.2) is 38.0 Å². The van der Waals surface area contributed by atoms with Crippen LogP contribution in [0, 0.1) is 0 Å². The lowest BCUT2D eigenvalue weighted by atomic mass is 10.1. The minimum absolute atomic E-state index is 0.169. The summed E-state index contributed by atoms with van der Waals surface area (Å²) < 4.78 is 15.9. The molecule has 1 N–H and O–H groups in total. The first-order valence-electron chi connectivity index (χ1n) is 11.1. The minimum atomic E-state index is -0.911. The average Bonchev–Trinajstić information content (AvgIpc) is 2.91. The summed E-state index contributed by atoms with van der Waals surface area (Å²) in [5, 5.41) is 3.00. The van der Waals surface area contributed by atoms with E-state index in [4.69, 9.17) is 32.7 Å². The first-order chi connectivity index (χ1) is 18.2. The van der Waals surface area contributed by atoms with Gasteiger partial charge in [0.15, 0.2) is 11.5 Å². The van der Waals surface area contributed by atoms with Crippen LogP contribution >= 0.6 is 23.2 Å². The molecule has 0 radical (unpaired) electrons. The number of carbonyl (C=O) groups is 4. The largest absolute Gasteiger partial charge is 0.493 e. The molecule has 1 aliphatic heterocycles. The first kappa shape index (κ1) is 26.7. The molecule has 0 atom stereocenters. The van der Waals surface area contributed by atoms with Crippen molar-refractivity contribution in [2.45, 2.75) is 6.61 Å². The summed E-state index contributed by atoms with van der Waals surface area (Å²) in [4.78, 5) is 50.6. The fourth-order valence-electron chi connectivity index (χ4n) is 3.61.